The van der Waals surface area contributed by atoms with E-state index in [1.54, 1.807) is 0 Å². The summed E-state index contributed by atoms with van der Waals surface area (Å²) in [5.41, 5.74) is 9.97. The molecule has 0 atom stereocenters. The third kappa shape index (κ3) is 4.72. The number of H-pyrrole nitrogens is 1. The number of hydrogen-bond donors (Lipinski definition) is 9. The second-order valence-corrected chi connectivity index (χ2v) is 8.24. The summed E-state index contributed by atoms with van der Waals surface area (Å²) in [5, 5.41) is 60.9. The Morgan fingerprint density at radius 2 is 1.62 bits per heavy atom. The largest absolute Gasteiger partial charge is 0.506 e. The van der Waals surface area contributed by atoms with Crippen LogP contribution in [0.3, 0.4) is 0 Å². The van der Waals surface area contributed by atoms with E-state index in [2.05, 4.69) is 51.8 Å². The number of benzene rings is 1. The van der Waals surface area contributed by atoms with Crippen LogP contribution >= 0.6 is 31.9 Å². The Bertz CT molecular complexity index is 1320. The van der Waals surface area contributed by atoms with Crippen LogP contribution in [0, 0.1) is 6.92 Å². The molecule has 0 unspecified atom stereocenters. The molecule has 15 nitrogen and oxygen atoms in total. The number of nitrogen functional groups attached to an aromatic ring is 2. The monoisotopic (exact) mass is 606 g/mol. The number of nitrogens with two attached hydrogens (primary N) is 2. The van der Waals surface area contributed by atoms with Crippen molar-refractivity contribution in [3.05, 3.63) is 24.9 Å². The van der Waals surface area contributed by atoms with Crippen molar-refractivity contribution in [2.24, 2.45) is 0 Å². The van der Waals surface area contributed by atoms with Crippen LogP contribution in [0.25, 0.3) is 11.1 Å². The molecule has 2 aromatic heterocycles. The number of ether oxygens (including phenoxy) is 2. The van der Waals surface area contributed by atoms with E-state index in [0.717, 1.165) is 0 Å². The second kappa shape index (κ2) is 9.01. The normalized spacial score (nSPS) is 11.4. The van der Waals surface area contributed by atoms with Crippen molar-refractivity contribution in [2.45, 2.75) is 12.9 Å². The van der Waals surface area contributed by atoms with Gasteiger partial charge in [0.2, 0.25) is 17.7 Å². The van der Waals surface area contributed by atoms with E-state index >= 15 is 0 Å². The molecule has 0 radical (unpaired) electrons. The fraction of sp³-hybridized carbons (Fsp3) is 0.176. The number of nitrogens with zero attached hydrogens (tertiary/aromatic N) is 3. The summed E-state index contributed by atoms with van der Waals surface area (Å²) >= 11 is 5.71. The van der Waals surface area contributed by atoms with Crippen molar-refractivity contribution in [1.29, 1.82) is 0 Å². The molecule has 3 aromatic rings. The summed E-state index contributed by atoms with van der Waals surface area (Å²) < 4.78 is 9.54. The number of halogens is 2. The van der Waals surface area contributed by atoms with Gasteiger partial charge in [0.25, 0.3) is 11.6 Å². The first kappa shape index (κ1) is 25.1. The van der Waals surface area contributed by atoms with Crippen molar-refractivity contribution in [3.8, 4) is 46.1 Å². The average molecular weight is 608 g/mol. The molecular weight excluding hydrogens is 592 g/mol. The van der Waals surface area contributed by atoms with E-state index in [0.29, 0.717) is 0 Å². The van der Waals surface area contributed by atoms with Crippen LogP contribution in [0.15, 0.2) is 13.7 Å². The average Bonchev–Trinajstić information content (AvgIpc) is 2.74. The number of phenolic OH excluding ortho intramolecular Hbond substituents is 3. The lowest BCUT2D eigenvalue weighted by Crippen LogP contribution is -2.42. The number of aliphatic hydroxyl groups is 2. The minimum Gasteiger partial charge on any atom is -0.506 e. The van der Waals surface area contributed by atoms with Gasteiger partial charge in [-0.1, -0.05) is 0 Å². The van der Waals surface area contributed by atoms with Crippen LogP contribution < -0.4 is 26.5 Å². The highest BCUT2D eigenvalue weighted by molar-refractivity contribution is 9.11. The van der Waals surface area contributed by atoms with Crippen LogP contribution in [0.5, 0.6) is 35.0 Å². The maximum atomic E-state index is 11.6. The Morgan fingerprint density at radius 1 is 0.971 bits per heavy atom. The summed E-state index contributed by atoms with van der Waals surface area (Å²) in [6, 6.07) is -0.583. The summed E-state index contributed by atoms with van der Waals surface area (Å²) in [4.78, 5) is 24.7. The van der Waals surface area contributed by atoms with Gasteiger partial charge in [-0.25, -0.2) is 0 Å². The number of rotatable bonds is 6. The predicted molar refractivity (Wildman–Crippen MR) is 121 cm³/mol. The third-order valence-corrected chi connectivity index (χ3v) is 5.72. The zero-order chi connectivity index (χ0) is 25.5. The lowest BCUT2D eigenvalue weighted by molar-refractivity contribution is -0.305. The van der Waals surface area contributed by atoms with Gasteiger partial charge in [0.05, 0.1) is 5.56 Å². The lowest BCUT2D eigenvalue weighted by atomic mass is 9.99. The molecule has 2 heterocycles. The van der Waals surface area contributed by atoms with Crippen molar-refractivity contribution in [1.82, 2.24) is 19.9 Å². The Kier molecular flexibility index (Phi) is 6.65. The van der Waals surface area contributed by atoms with Crippen LogP contribution in [-0.4, -0.2) is 63.2 Å². The van der Waals surface area contributed by atoms with E-state index < -0.39 is 64.9 Å². The molecule has 0 saturated heterocycles. The molecule has 0 amide bonds. The predicted octanol–water partition coefficient (Wildman–Crippen LogP) is 0.143. The second-order valence-electron chi connectivity index (χ2n) is 6.65. The van der Waals surface area contributed by atoms with Gasteiger partial charge in [-0.3, -0.25) is 9.78 Å². The Morgan fingerprint density at radius 3 is 2.24 bits per heavy atom. The topological polar surface area (TPSA) is 263 Å². The molecule has 0 bridgehead atoms. The minimum absolute atomic E-state index is 0.0167. The molecule has 0 aliphatic rings. The summed E-state index contributed by atoms with van der Waals surface area (Å²) in [6.45, 7) is 0.256. The third-order valence-electron chi connectivity index (χ3n) is 4.26. The highest BCUT2D eigenvalue weighted by atomic mass is 79.9. The number of aromatic hydroxyl groups is 4. The highest BCUT2D eigenvalue weighted by Crippen LogP contribution is 2.52. The van der Waals surface area contributed by atoms with Crippen molar-refractivity contribution >= 4 is 43.6 Å². The van der Waals surface area contributed by atoms with E-state index in [1.165, 1.54) is 6.92 Å². The van der Waals surface area contributed by atoms with Gasteiger partial charge in [-0.05, 0) is 38.8 Å². The molecule has 0 saturated carbocycles. The van der Waals surface area contributed by atoms with Gasteiger partial charge >= 0.3 is 5.97 Å². The number of aromatic nitrogens is 4. The number of anilines is 2. The van der Waals surface area contributed by atoms with Gasteiger partial charge in [-0.15, -0.1) is 0 Å². The zero-order valence-electron chi connectivity index (χ0n) is 16.9. The molecular formula is C17H16Br2N6O9. The Balaban J connectivity index is 2.03. The molecule has 1 aromatic carbocycles. The standard InChI is InChI=1S/C17H16Br2N6O9/c1-3-4(9(27)10(28)6(18)8(3)26)5-11(20)22-15(21)25-14(5)34-17(31,32)2-33-16-23-12(29)7(19)13(30)24-16/h26-28,31-32H,2H2,1H3,(H4,20,21,22,25)(H2,23,24,29,30). The highest BCUT2D eigenvalue weighted by Gasteiger charge is 2.33. The van der Waals surface area contributed by atoms with Gasteiger partial charge < -0.3 is 51.6 Å². The smallest absolute Gasteiger partial charge is 0.359 e. The van der Waals surface area contributed by atoms with Gasteiger partial charge in [0.15, 0.2) is 18.1 Å². The Labute approximate surface area is 205 Å². The number of nitrogens with one attached hydrogen (secondary N) is 1. The fourth-order valence-corrected chi connectivity index (χ4v) is 3.40. The van der Waals surface area contributed by atoms with Gasteiger partial charge in [0, 0.05) is 11.1 Å². The van der Waals surface area contributed by atoms with Crippen LogP contribution in [-0.2, 0) is 0 Å². The Hall–Kier alpha value is -3.54. The quantitative estimate of drug-likeness (QED) is 0.102. The maximum absolute atomic E-state index is 11.6. The fourth-order valence-electron chi connectivity index (χ4n) is 2.73. The molecule has 0 spiro atoms. The number of phenols is 3. The summed E-state index contributed by atoms with van der Waals surface area (Å²) in [7, 11) is 0. The molecule has 0 aliphatic heterocycles. The first-order valence-electron chi connectivity index (χ1n) is 8.85. The molecule has 34 heavy (non-hydrogen) atoms. The van der Waals surface area contributed by atoms with Gasteiger partial charge in [0.1, 0.15) is 20.5 Å². The van der Waals surface area contributed by atoms with E-state index in [4.69, 9.17) is 20.9 Å². The van der Waals surface area contributed by atoms with Gasteiger partial charge in [-0.2, -0.15) is 15.0 Å². The number of hydrogen-bond acceptors (Lipinski definition) is 14. The van der Waals surface area contributed by atoms with E-state index in [1.807, 2.05) is 0 Å². The maximum Gasteiger partial charge on any atom is 0.359 e. The first-order valence-corrected chi connectivity index (χ1v) is 10.4. The summed E-state index contributed by atoms with van der Waals surface area (Å²) in [5.74, 6) is -7.45. The van der Waals surface area contributed by atoms with Crippen molar-refractivity contribution < 1.29 is 40.1 Å². The first-order chi connectivity index (χ1) is 15.7. The minimum atomic E-state index is -3.17. The SMILES string of the molecule is Cc1c(O)c(Br)c(O)c(O)c1-c1c(N)nc(N)nc1OC(O)(O)COc1nc(O)c(Br)c(=O)[nH]1. The lowest BCUT2D eigenvalue weighted by Gasteiger charge is -2.24. The summed E-state index contributed by atoms with van der Waals surface area (Å²) in [6.07, 6.45) is 0. The molecule has 3 rings (SSSR count). The van der Waals surface area contributed by atoms with E-state index in [-0.39, 0.29) is 25.6 Å². The van der Waals surface area contributed by atoms with Crippen LogP contribution in [0.2, 0.25) is 0 Å². The van der Waals surface area contributed by atoms with E-state index in [9.17, 15) is 35.4 Å². The zero-order valence-corrected chi connectivity index (χ0v) is 20.0. The van der Waals surface area contributed by atoms with Crippen LogP contribution in [0.1, 0.15) is 5.56 Å². The molecule has 11 N–H and O–H groups in total. The molecule has 0 fully saturated rings. The molecule has 17 heteroatoms. The molecule has 182 valence electrons. The van der Waals surface area contributed by atoms with Crippen LogP contribution in [0.4, 0.5) is 11.8 Å². The van der Waals surface area contributed by atoms with Crippen molar-refractivity contribution in [3.63, 3.8) is 0 Å². The molecule has 0 aliphatic carbocycles. The number of aromatic amines is 1. The van der Waals surface area contributed by atoms with Crippen molar-refractivity contribution in [2.75, 3.05) is 18.1 Å².